The largest absolute Gasteiger partial charge is 0.479 e. The van der Waals surface area contributed by atoms with Crippen molar-refractivity contribution in [2.45, 2.75) is 70.9 Å². The van der Waals surface area contributed by atoms with Gasteiger partial charge in [-0.05, 0) is 93.0 Å². The lowest BCUT2D eigenvalue weighted by atomic mass is 9.76. The number of hydrogen-bond acceptors (Lipinski definition) is 10. The van der Waals surface area contributed by atoms with Gasteiger partial charge in [0, 0.05) is 31.4 Å². The molecular weight excluding hydrogens is 813 g/mol. The van der Waals surface area contributed by atoms with Crippen LogP contribution in [0.15, 0.2) is 134 Å². The lowest BCUT2D eigenvalue weighted by molar-refractivity contribution is 0.357. The van der Waals surface area contributed by atoms with Gasteiger partial charge >= 0.3 is 0 Å². The van der Waals surface area contributed by atoms with Gasteiger partial charge < -0.3 is 18.6 Å². The van der Waals surface area contributed by atoms with Crippen molar-refractivity contribution in [3.05, 3.63) is 168 Å². The van der Waals surface area contributed by atoms with Crippen LogP contribution in [0, 0.1) is 13.8 Å². The van der Waals surface area contributed by atoms with E-state index in [0.717, 1.165) is 73.2 Å². The van der Waals surface area contributed by atoms with Gasteiger partial charge in [0.2, 0.25) is 11.8 Å². The normalized spacial score (nSPS) is 16.5. The zero-order chi connectivity index (χ0) is 44.5. The molecule has 0 radical (unpaired) electrons. The highest BCUT2D eigenvalue weighted by molar-refractivity contribution is 5.69. The molecule has 8 heterocycles. The zero-order valence-corrected chi connectivity index (χ0v) is 37.2. The summed E-state index contributed by atoms with van der Waals surface area (Å²) >= 11 is 0. The Morgan fingerprint density at radius 2 is 1.17 bits per heavy atom. The van der Waals surface area contributed by atoms with Crippen LogP contribution in [0.3, 0.4) is 0 Å². The Hall–Kier alpha value is -7.74. The van der Waals surface area contributed by atoms with Crippen LogP contribution in [0.25, 0.3) is 45.5 Å². The molecule has 0 bridgehead atoms. The summed E-state index contributed by atoms with van der Waals surface area (Å²) in [7, 11) is 3.25. The van der Waals surface area contributed by atoms with Crippen molar-refractivity contribution >= 4 is 0 Å². The van der Waals surface area contributed by atoms with Crippen LogP contribution < -0.4 is 9.47 Å². The average Bonchev–Trinajstić information content (AvgIpc) is 4.19. The van der Waals surface area contributed by atoms with E-state index in [1.54, 1.807) is 26.9 Å². The quantitative estimate of drug-likeness (QED) is 0.138. The van der Waals surface area contributed by atoms with Crippen molar-refractivity contribution in [3.8, 4) is 57.3 Å². The molecule has 2 aliphatic heterocycles. The van der Waals surface area contributed by atoms with Crippen molar-refractivity contribution < 1.29 is 9.47 Å². The van der Waals surface area contributed by atoms with E-state index in [1.807, 2.05) is 75.1 Å². The first-order chi connectivity index (χ1) is 31.8. The van der Waals surface area contributed by atoms with E-state index in [0.29, 0.717) is 34.8 Å². The third-order valence-electron chi connectivity index (χ3n) is 12.4. The molecule has 2 atom stereocenters. The predicted molar refractivity (Wildman–Crippen MR) is 248 cm³/mol. The number of pyridine rings is 2. The molecule has 14 heteroatoms. The van der Waals surface area contributed by atoms with Crippen LogP contribution in [0.4, 0.5) is 0 Å². The fraction of sp³-hybridized carbons (Fsp3) is 0.255. The third-order valence-corrected chi connectivity index (χ3v) is 12.4. The number of fused-ring (bicyclic) bond motifs is 2. The van der Waals surface area contributed by atoms with Gasteiger partial charge in [-0.1, -0.05) is 84.9 Å². The predicted octanol–water partition coefficient (Wildman–Crippen LogP) is 9.38. The zero-order valence-electron chi connectivity index (χ0n) is 37.2. The first kappa shape index (κ1) is 41.3. The van der Waals surface area contributed by atoms with E-state index in [9.17, 15) is 0 Å². The summed E-state index contributed by atoms with van der Waals surface area (Å²) in [6.45, 7) is 7.89. The van der Waals surface area contributed by atoms with Crippen molar-refractivity contribution in [1.29, 1.82) is 0 Å². The highest BCUT2D eigenvalue weighted by Crippen LogP contribution is 2.41. The monoisotopic (exact) mass is 862 g/mol. The minimum absolute atomic E-state index is 0.164. The van der Waals surface area contributed by atoms with Gasteiger partial charge in [-0.25, -0.2) is 39.3 Å². The van der Waals surface area contributed by atoms with Gasteiger partial charge in [-0.15, -0.1) is 10.2 Å². The Bertz CT molecular complexity index is 3100. The van der Waals surface area contributed by atoms with E-state index in [1.165, 1.54) is 22.3 Å². The van der Waals surface area contributed by atoms with E-state index in [-0.39, 0.29) is 11.3 Å². The van der Waals surface area contributed by atoms with Gasteiger partial charge in [0.25, 0.3) is 0 Å². The van der Waals surface area contributed by atoms with Crippen molar-refractivity contribution in [1.82, 2.24) is 58.6 Å². The number of hydrogen-bond donors (Lipinski definition) is 0. The molecule has 11 rings (SSSR count). The second kappa shape index (κ2) is 17.4. The molecule has 0 saturated carbocycles. The van der Waals surface area contributed by atoms with Crippen LogP contribution in [0.2, 0.25) is 0 Å². The summed E-state index contributed by atoms with van der Waals surface area (Å²) in [5.41, 5.74) is 9.78. The molecule has 0 fully saturated rings. The molecular formula is C51H50N12O2. The van der Waals surface area contributed by atoms with Crippen LogP contribution in [0.1, 0.15) is 72.7 Å². The SMILES string of the molecule is COc1nc(-c2nc3n(n2)CCC[C@H]3c2ccccc2-c2ccccc2)ccc1-n1cnc(C)c1.COc1nc(-c2nc3n(n2)CCC[C@]3(C)c2ccccc2)ccc1-n1cnc(C)c1. The number of imidazole rings is 2. The van der Waals surface area contributed by atoms with Crippen LogP contribution in [-0.2, 0) is 18.5 Å². The van der Waals surface area contributed by atoms with Gasteiger partial charge in [-0.2, -0.15) is 0 Å². The van der Waals surface area contributed by atoms with Gasteiger partial charge in [0.1, 0.15) is 34.4 Å². The van der Waals surface area contributed by atoms with Crippen LogP contribution in [0.5, 0.6) is 11.8 Å². The number of methoxy groups -OCH3 is 2. The Morgan fingerprint density at radius 1 is 0.600 bits per heavy atom. The molecule has 3 aromatic carbocycles. The topological polar surface area (TPSA) is 141 Å². The minimum Gasteiger partial charge on any atom is -0.479 e. The number of aromatic nitrogens is 12. The lowest BCUT2D eigenvalue weighted by Gasteiger charge is -2.33. The lowest BCUT2D eigenvalue weighted by Crippen LogP contribution is -2.32. The smallest absolute Gasteiger partial charge is 0.238 e. The Balaban J connectivity index is 0.000000155. The molecule has 326 valence electrons. The molecule has 0 N–H and O–H groups in total. The van der Waals surface area contributed by atoms with Crippen molar-refractivity contribution in [2.24, 2.45) is 0 Å². The Labute approximate surface area is 377 Å². The van der Waals surface area contributed by atoms with E-state index < -0.39 is 0 Å². The average molecular weight is 863 g/mol. The van der Waals surface area contributed by atoms with Crippen LogP contribution >= 0.6 is 0 Å². The third kappa shape index (κ3) is 7.96. The second-order valence-electron chi connectivity index (χ2n) is 16.7. The molecule has 0 aliphatic carbocycles. The maximum Gasteiger partial charge on any atom is 0.238 e. The summed E-state index contributed by atoms with van der Waals surface area (Å²) in [5.74, 6) is 4.44. The first-order valence-electron chi connectivity index (χ1n) is 22.0. The summed E-state index contributed by atoms with van der Waals surface area (Å²) in [6, 6.07) is 37.6. The maximum absolute atomic E-state index is 5.61. The fourth-order valence-electron chi connectivity index (χ4n) is 9.14. The molecule has 2 aliphatic rings. The van der Waals surface area contributed by atoms with Gasteiger partial charge in [0.05, 0.1) is 43.7 Å². The van der Waals surface area contributed by atoms with Gasteiger partial charge in [-0.3, -0.25) is 0 Å². The number of rotatable bonds is 9. The number of ether oxygens (including phenoxy) is 2. The number of aryl methyl sites for hydroxylation is 4. The minimum atomic E-state index is -0.164. The molecule has 6 aromatic heterocycles. The number of nitrogens with zero attached hydrogens (tertiary/aromatic N) is 12. The van der Waals surface area contributed by atoms with E-state index >= 15 is 0 Å². The first-order valence-corrected chi connectivity index (χ1v) is 22.0. The van der Waals surface area contributed by atoms with Crippen molar-refractivity contribution in [3.63, 3.8) is 0 Å². The maximum atomic E-state index is 5.61. The van der Waals surface area contributed by atoms with E-state index in [2.05, 4.69) is 95.8 Å². The molecule has 0 spiro atoms. The summed E-state index contributed by atoms with van der Waals surface area (Å²) in [5, 5.41) is 9.64. The summed E-state index contributed by atoms with van der Waals surface area (Å²) in [4.78, 5) is 28.0. The molecule has 0 saturated heterocycles. The second-order valence-corrected chi connectivity index (χ2v) is 16.7. The highest BCUT2D eigenvalue weighted by Gasteiger charge is 2.37. The molecule has 14 nitrogen and oxygen atoms in total. The van der Waals surface area contributed by atoms with Gasteiger partial charge in [0.15, 0.2) is 11.6 Å². The summed E-state index contributed by atoms with van der Waals surface area (Å²) < 4.78 is 19.1. The summed E-state index contributed by atoms with van der Waals surface area (Å²) in [6.07, 6.45) is 11.6. The number of benzene rings is 3. The van der Waals surface area contributed by atoms with E-state index in [4.69, 9.17) is 39.6 Å². The molecule has 65 heavy (non-hydrogen) atoms. The van der Waals surface area contributed by atoms with Crippen molar-refractivity contribution in [2.75, 3.05) is 14.2 Å². The molecule has 0 unspecified atom stereocenters. The molecule has 9 aromatic rings. The molecule has 0 amide bonds. The highest BCUT2D eigenvalue weighted by atomic mass is 16.5. The Kier molecular flexibility index (Phi) is 11.1. The standard InChI is InChI=1S/C28H26N6O.C23H24N6O/c1-19-17-33(18-29-19)25-15-14-24(30-28(25)35-2)26-31-27-23(13-8-16-34(27)32-26)22-12-7-6-11-21(22)20-9-4-3-5-10-20;1-16-14-28(15-24-16)19-11-10-18(25-21(19)30-3)20-26-22-23(2,12-7-13-29(22)27-20)17-8-5-4-6-9-17/h3-7,9-12,14-15,17-18,23H,8,13,16H2,1-2H3;4-6,8-11,14-15H,7,12-13H2,1-3H3/t2*23-/m01/s1. The van der Waals surface area contributed by atoms with Crippen LogP contribution in [-0.4, -0.2) is 72.8 Å². The Morgan fingerprint density at radius 3 is 1.78 bits per heavy atom. The fourth-order valence-corrected chi connectivity index (χ4v) is 9.14.